The van der Waals surface area contributed by atoms with E-state index in [-0.39, 0.29) is 0 Å². The number of rotatable bonds is 4. The van der Waals surface area contributed by atoms with Gasteiger partial charge in [0, 0.05) is 12.7 Å². The fourth-order valence-corrected chi connectivity index (χ4v) is 1.60. The molecule has 0 spiro atoms. The quantitative estimate of drug-likeness (QED) is 0.869. The van der Waals surface area contributed by atoms with Crippen molar-refractivity contribution < 1.29 is 4.74 Å². The van der Waals surface area contributed by atoms with E-state index in [1.807, 2.05) is 48.5 Å². The van der Waals surface area contributed by atoms with E-state index in [0.29, 0.717) is 0 Å². The van der Waals surface area contributed by atoms with Gasteiger partial charge in [0.15, 0.2) is 0 Å². The van der Waals surface area contributed by atoms with Crippen molar-refractivity contribution in [1.29, 1.82) is 0 Å². The van der Waals surface area contributed by atoms with Gasteiger partial charge in [0.2, 0.25) is 0 Å². The number of nitrogens with zero attached hydrogens (tertiary/aromatic N) is 1. The Morgan fingerprint density at radius 3 is 2.35 bits per heavy atom. The van der Waals surface area contributed by atoms with Crippen molar-refractivity contribution in [1.82, 2.24) is 5.32 Å². The molecule has 0 heterocycles. The maximum atomic E-state index is 5.12. The highest BCUT2D eigenvalue weighted by Crippen LogP contribution is 2.25. The second-order valence-corrected chi connectivity index (χ2v) is 3.59. The molecule has 3 heteroatoms. The van der Waals surface area contributed by atoms with Gasteiger partial charge in [-0.15, -0.1) is 0 Å². The van der Waals surface area contributed by atoms with Crippen LogP contribution in [0.15, 0.2) is 48.5 Å². The lowest BCUT2D eigenvalue weighted by Crippen LogP contribution is -1.95. The minimum atomic E-state index is 0.851. The highest BCUT2D eigenvalue weighted by atomic mass is 16.5. The first-order chi connectivity index (χ1) is 8.33. The predicted molar refractivity (Wildman–Crippen MR) is 70.4 cm³/mol. The smallest absolute Gasteiger partial charge is 0.119 e. The van der Waals surface area contributed by atoms with Gasteiger partial charge in [-0.2, -0.15) is 0 Å². The summed E-state index contributed by atoms with van der Waals surface area (Å²) in [4.78, 5) is 0. The third-order valence-corrected chi connectivity index (χ3v) is 2.51. The van der Waals surface area contributed by atoms with Crippen molar-refractivity contribution >= 4 is 17.1 Å². The van der Waals surface area contributed by atoms with E-state index < -0.39 is 0 Å². The van der Waals surface area contributed by atoms with Crippen LogP contribution in [0.1, 0.15) is 0 Å². The first-order valence-electron chi connectivity index (χ1n) is 5.43. The predicted octanol–water partition coefficient (Wildman–Crippen LogP) is 3.30. The number of hydrogen-bond acceptors (Lipinski definition) is 2. The van der Waals surface area contributed by atoms with E-state index in [2.05, 4.69) is 10.6 Å². The molecule has 0 aliphatic carbocycles. The van der Waals surface area contributed by atoms with E-state index in [9.17, 15) is 0 Å². The summed E-state index contributed by atoms with van der Waals surface area (Å²) < 4.78 is 5.12. The molecule has 0 unspecified atom stereocenters. The zero-order valence-electron chi connectivity index (χ0n) is 9.97. The van der Waals surface area contributed by atoms with Crippen molar-refractivity contribution in [3.8, 4) is 5.75 Å². The summed E-state index contributed by atoms with van der Waals surface area (Å²) >= 11 is 0. The zero-order chi connectivity index (χ0) is 12.1. The summed E-state index contributed by atoms with van der Waals surface area (Å²) in [6, 6.07) is 15.7. The lowest BCUT2D eigenvalue weighted by Gasteiger charge is -2.10. The SMILES string of the molecule is C[N]c1ccccc1Nc1ccc(OC)cc1. The van der Waals surface area contributed by atoms with Gasteiger partial charge in [-0.3, -0.25) is 5.32 Å². The number of para-hydroxylation sites is 2. The Bertz CT molecular complexity index is 480. The Morgan fingerprint density at radius 1 is 1.00 bits per heavy atom. The van der Waals surface area contributed by atoms with E-state index >= 15 is 0 Å². The maximum absolute atomic E-state index is 5.12. The molecule has 0 atom stereocenters. The summed E-state index contributed by atoms with van der Waals surface area (Å²) in [6.07, 6.45) is 0. The molecule has 0 saturated carbocycles. The average molecular weight is 227 g/mol. The van der Waals surface area contributed by atoms with Gasteiger partial charge in [-0.25, -0.2) is 0 Å². The number of methoxy groups -OCH3 is 1. The van der Waals surface area contributed by atoms with E-state index in [0.717, 1.165) is 22.8 Å². The van der Waals surface area contributed by atoms with Gasteiger partial charge in [-0.1, -0.05) is 12.1 Å². The second kappa shape index (κ2) is 5.25. The Balaban J connectivity index is 2.19. The molecule has 3 nitrogen and oxygen atoms in total. The largest absolute Gasteiger partial charge is 0.497 e. The normalized spacial score (nSPS) is 9.76. The molecule has 0 amide bonds. The van der Waals surface area contributed by atoms with Crippen molar-refractivity contribution in [2.45, 2.75) is 0 Å². The topological polar surface area (TPSA) is 35.4 Å². The Kier molecular flexibility index (Phi) is 3.50. The molecule has 0 fully saturated rings. The minimum Gasteiger partial charge on any atom is -0.497 e. The van der Waals surface area contributed by atoms with E-state index in [1.54, 1.807) is 14.2 Å². The first-order valence-corrected chi connectivity index (χ1v) is 5.43. The van der Waals surface area contributed by atoms with Crippen molar-refractivity contribution in [2.24, 2.45) is 0 Å². The molecule has 2 rings (SSSR count). The molecular formula is C14H15N2O. The van der Waals surface area contributed by atoms with Crippen LogP contribution in [0.5, 0.6) is 5.75 Å². The number of ether oxygens (including phenoxy) is 1. The maximum Gasteiger partial charge on any atom is 0.119 e. The van der Waals surface area contributed by atoms with Crippen molar-refractivity contribution in [3.63, 3.8) is 0 Å². The van der Waals surface area contributed by atoms with Crippen LogP contribution < -0.4 is 15.4 Å². The van der Waals surface area contributed by atoms with Crippen molar-refractivity contribution in [3.05, 3.63) is 48.5 Å². The summed E-state index contributed by atoms with van der Waals surface area (Å²) in [6.45, 7) is 0. The van der Waals surface area contributed by atoms with Crippen LogP contribution in [0.4, 0.5) is 17.1 Å². The third-order valence-electron chi connectivity index (χ3n) is 2.51. The minimum absolute atomic E-state index is 0.851. The van der Waals surface area contributed by atoms with Crippen molar-refractivity contribution in [2.75, 3.05) is 19.5 Å². The fraction of sp³-hybridized carbons (Fsp3) is 0.143. The van der Waals surface area contributed by atoms with Crippen LogP contribution in [0.3, 0.4) is 0 Å². The summed E-state index contributed by atoms with van der Waals surface area (Å²) in [5, 5.41) is 7.54. The number of nitrogens with one attached hydrogen (secondary N) is 1. The van der Waals surface area contributed by atoms with Crippen LogP contribution >= 0.6 is 0 Å². The fourth-order valence-electron chi connectivity index (χ4n) is 1.60. The molecule has 2 aromatic rings. The molecule has 1 radical (unpaired) electrons. The summed E-state index contributed by atoms with van der Waals surface area (Å²) in [5.41, 5.74) is 2.96. The molecule has 0 aromatic heterocycles. The van der Waals surface area contributed by atoms with Gasteiger partial charge < -0.3 is 10.1 Å². The molecule has 0 aliphatic heterocycles. The highest BCUT2D eigenvalue weighted by molar-refractivity contribution is 5.71. The second-order valence-electron chi connectivity index (χ2n) is 3.59. The van der Waals surface area contributed by atoms with E-state index in [1.165, 1.54) is 0 Å². The first kappa shape index (κ1) is 11.3. The van der Waals surface area contributed by atoms with Crippen LogP contribution in [0.2, 0.25) is 0 Å². The Labute approximate surface area is 101 Å². The van der Waals surface area contributed by atoms with Gasteiger partial charge >= 0.3 is 0 Å². The van der Waals surface area contributed by atoms with Crippen LogP contribution in [0.25, 0.3) is 0 Å². The number of hydrogen-bond donors (Lipinski definition) is 1. The highest BCUT2D eigenvalue weighted by Gasteiger charge is 2.00. The monoisotopic (exact) mass is 227 g/mol. The average Bonchev–Trinajstić information content (AvgIpc) is 2.40. The molecule has 0 saturated heterocycles. The van der Waals surface area contributed by atoms with Crippen LogP contribution in [-0.2, 0) is 0 Å². The third kappa shape index (κ3) is 2.69. The summed E-state index contributed by atoms with van der Waals surface area (Å²) in [7, 11) is 3.45. The molecule has 87 valence electrons. The molecule has 0 bridgehead atoms. The van der Waals surface area contributed by atoms with Gasteiger partial charge in [0.25, 0.3) is 0 Å². The lowest BCUT2D eigenvalue weighted by atomic mass is 10.2. The number of anilines is 2. The summed E-state index contributed by atoms with van der Waals surface area (Å²) in [5.74, 6) is 0.851. The van der Waals surface area contributed by atoms with Gasteiger partial charge in [-0.05, 0) is 36.4 Å². The van der Waals surface area contributed by atoms with Gasteiger partial charge in [0.05, 0.1) is 18.5 Å². The van der Waals surface area contributed by atoms with Crippen LogP contribution in [-0.4, -0.2) is 14.2 Å². The Hall–Kier alpha value is -2.16. The number of benzene rings is 2. The van der Waals surface area contributed by atoms with E-state index in [4.69, 9.17) is 4.74 Å². The lowest BCUT2D eigenvalue weighted by molar-refractivity contribution is 0.415. The molecule has 0 aliphatic rings. The molecule has 17 heavy (non-hydrogen) atoms. The van der Waals surface area contributed by atoms with Crippen LogP contribution in [0, 0.1) is 0 Å². The zero-order valence-corrected chi connectivity index (χ0v) is 9.97. The van der Waals surface area contributed by atoms with Gasteiger partial charge in [0.1, 0.15) is 5.75 Å². The molecule has 1 N–H and O–H groups in total. The standard InChI is InChI=1S/C14H15N2O/c1-15-13-5-3-4-6-14(13)16-11-7-9-12(17-2)10-8-11/h3-10,16H,1-2H3. The molecular weight excluding hydrogens is 212 g/mol. The molecule has 2 aromatic carbocycles. The Morgan fingerprint density at radius 2 is 1.71 bits per heavy atom.